The molecule has 2 aliphatic rings. The van der Waals surface area contributed by atoms with Crippen molar-refractivity contribution in [2.75, 3.05) is 37.7 Å². The van der Waals surface area contributed by atoms with Crippen LogP contribution < -0.4 is 10.2 Å². The van der Waals surface area contributed by atoms with Gasteiger partial charge in [-0.25, -0.2) is 4.39 Å². The Kier molecular flexibility index (Phi) is 4.64. The van der Waals surface area contributed by atoms with Crippen LogP contribution in [0.25, 0.3) is 10.4 Å². The number of ether oxygens (including phenoxy) is 1. The van der Waals surface area contributed by atoms with E-state index in [0.717, 1.165) is 0 Å². The van der Waals surface area contributed by atoms with E-state index < -0.39 is 5.92 Å². The maximum atomic E-state index is 14.4. The average molecular weight is 319 g/mol. The summed E-state index contributed by atoms with van der Waals surface area (Å²) in [6, 6.07) is 4.77. The quantitative estimate of drug-likeness (QED) is 0.522. The number of azide groups is 1. The number of amides is 1. The normalized spacial score (nSPS) is 24.2. The summed E-state index contributed by atoms with van der Waals surface area (Å²) < 4.78 is 19.7. The van der Waals surface area contributed by atoms with Crippen LogP contribution in [0.15, 0.2) is 23.3 Å². The molecule has 3 rings (SSSR count). The molecule has 0 saturated carbocycles. The van der Waals surface area contributed by atoms with Gasteiger partial charge in [-0.05, 0) is 29.6 Å². The van der Waals surface area contributed by atoms with Crippen LogP contribution in [0.4, 0.5) is 10.1 Å². The summed E-state index contributed by atoms with van der Waals surface area (Å²) in [6.45, 7) is 2.72. The van der Waals surface area contributed by atoms with E-state index in [1.54, 1.807) is 12.1 Å². The highest BCUT2D eigenvalue weighted by atomic mass is 19.1. The Labute approximate surface area is 133 Å². The van der Waals surface area contributed by atoms with E-state index in [1.807, 2.05) is 4.90 Å². The number of hydrogen-bond donors (Lipinski definition) is 1. The van der Waals surface area contributed by atoms with Crippen molar-refractivity contribution in [3.63, 3.8) is 0 Å². The highest BCUT2D eigenvalue weighted by Crippen LogP contribution is 2.30. The molecule has 2 fully saturated rings. The van der Waals surface area contributed by atoms with Crippen LogP contribution in [0, 0.1) is 5.82 Å². The van der Waals surface area contributed by atoms with Gasteiger partial charge in [0, 0.05) is 30.6 Å². The van der Waals surface area contributed by atoms with Gasteiger partial charge in [0.25, 0.3) is 0 Å². The maximum Gasteiger partial charge on any atom is 0.227 e. The molecule has 1 N–H and O–H groups in total. The fraction of sp³-hybridized carbons (Fsp3) is 0.533. The number of nitrogens with one attached hydrogen (secondary N) is 1. The molecular weight excluding hydrogens is 301 g/mol. The van der Waals surface area contributed by atoms with Gasteiger partial charge in [0.05, 0.1) is 24.8 Å². The molecule has 2 saturated heterocycles. The van der Waals surface area contributed by atoms with Crippen LogP contribution in [-0.2, 0) is 9.53 Å². The smallest absolute Gasteiger partial charge is 0.227 e. The molecule has 0 aliphatic carbocycles. The van der Waals surface area contributed by atoms with Crippen molar-refractivity contribution < 1.29 is 13.9 Å². The monoisotopic (exact) mass is 319 g/mol. The predicted octanol–water partition coefficient (Wildman–Crippen LogP) is 1.94. The Morgan fingerprint density at radius 2 is 2.22 bits per heavy atom. The number of carbonyl (C=O) groups is 1. The van der Waals surface area contributed by atoms with Gasteiger partial charge in [0.2, 0.25) is 5.91 Å². The van der Waals surface area contributed by atoms with E-state index >= 15 is 0 Å². The molecule has 1 aromatic carbocycles. The van der Waals surface area contributed by atoms with Gasteiger partial charge in [-0.2, -0.15) is 0 Å². The third-order valence-corrected chi connectivity index (χ3v) is 4.27. The molecule has 8 heteroatoms. The van der Waals surface area contributed by atoms with Crippen LogP contribution in [0.1, 0.15) is 17.9 Å². The number of morpholine rings is 1. The number of halogens is 1. The minimum absolute atomic E-state index is 0.151. The lowest BCUT2D eigenvalue weighted by molar-refractivity contribution is -0.120. The zero-order valence-corrected chi connectivity index (χ0v) is 12.6. The Hall–Kier alpha value is -2.31. The standard InChI is InChI=1S/C15H18FN5O2/c16-13-7-10(1-2-14(13)21-3-5-23-6-4-21)12-8-11(9-18-20-17)19-15(12)22/h1-2,7,11-12H,3-6,8-9H2,(H,19,22)/t11?,12-/m1/s1. The second-order valence-electron chi connectivity index (χ2n) is 5.72. The molecule has 1 unspecified atom stereocenters. The van der Waals surface area contributed by atoms with Crippen molar-refractivity contribution in [3.8, 4) is 0 Å². The highest BCUT2D eigenvalue weighted by molar-refractivity contribution is 5.86. The first-order valence-corrected chi connectivity index (χ1v) is 7.62. The topological polar surface area (TPSA) is 90.3 Å². The summed E-state index contributed by atoms with van der Waals surface area (Å²) in [5, 5.41) is 6.26. The first-order chi connectivity index (χ1) is 11.2. The van der Waals surface area contributed by atoms with Crippen molar-refractivity contribution in [2.45, 2.75) is 18.4 Å². The Bertz CT molecular complexity index is 641. The Balaban J connectivity index is 1.74. The molecule has 1 aromatic rings. The fourth-order valence-corrected chi connectivity index (χ4v) is 3.10. The predicted molar refractivity (Wildman–Crippen MR) is 82.7 cm³/mol. The summed E-state index contributed by atoms with van der Waals surface area (Å²) in [6.07, 6.45) is 0.508. The molecule has 1 amide bonds. The van der Waals surface area contributed by atoms with Crippen LogP contribution in [-0.4, -0.2) is 44.8 Å². The van der Waals surface area contributed by atoms with Crippen molar-refractivity contribution in [1.82, 2.24) is 5.32 Å². The van der Waals surface area contributed by atoms with E-state index in [1.165, 1.54) is 6.07 Å². The van der Waals surface area contributed by atoms with Crippen molar-refractivity contribution >= 4 is 11.6 Å². The van der Waals surface area contributed by atoms with Gasteiger partial charge in [-0.3, -0.25) is 4.79 Å². The third kappa shape index (κ3) is 3.38. The van der Waals surface area contributed by atoms with E-state index in [9.17, 15) is 9.18 Å². The minimum atomic E-state index is -0.401. The Morgan fingerprint density at radius 3 is 2.91 bits per heavy atom. The number of carbonyl (C=O) groups excluding carboxylic acids is 1. The second-order valence-corrected chi connectivity index (χ2v) is 5.72. The second kappa shape index (κ2) is 6.85. The van der Waals surface area contributed by atoms with Crippen molar-refractivity contribution in [1.29, 1.82) is 0 Å². The first kappa shape index (κ1) is 15.6. The summed E-state index contributed by atoms with van der Waals surface area (Å²) >= 11 is 0. The van der Waals surface area contributed by atoms with Gasteiger partial charge in [0.15, 0.2) is 0 Å². The van der Waals surface area contributed by atoms with Crippen LogP contribution >= 0.6 is 0 Å². The van der Waals surface area contributed by atoms with E-state index in [0.29, 0.717) is 44.0 Å². The molecule has 0 radical (unpaired) electrons. The van der Waals surface area contributed by atoms with E-state index in [2.05, 4.69) is 15.3 Å². The van der Waals surface area contributed by atoms with Crippen LogP contribution in [0.3, 0.4) is 0 Å². The maximum absolute atomic E-state index is 14.4. The van der Waals surface area contributed by atoms with Gasteiger partial charge < -0.3 is 15.0 Å². The summed E-state index contributed by atoms with van der Waals surface area (Å²) in [7, 11) is 0. The molecule has 23 heavy (non-hydrogen) atoms. The molecule has 2 aliphatic heterocycles. The van der Waals surface area contributed by atoms with Crippen molar-refractivity contribution in [2.24, 2.45) is 5.11 Å². The molecule has 7 nitrogen and oxygen atoms in total. The average Bonchev–Trinajstić information content (AvgIpc) is 2.94. The highest BCUT2D eigenvalue weighted by Gasteiger charge is 2.33. The van der Waals surface area contributed by atoms with Gasteiger partial charge in [-0.1, -0.05) is 11.2 Å². The summed E-state index contributed by atoms with van der Waals surface area (Å²) in [4.78, 5) is 16.7. The fourth-order valence-electron chi connectivity index (χ4n) is 3.10. The zero-order valence-electron chi connectivity index (χ0n) is 12.6. The molecule has 2 heterocycles. The lowest BCUT2D eigenvalue weighted by Gasteiger charge is -2.29. The van der Waals surface area contributed by atoms with Gasteiger partial charge >= 0.3 is 0 Å². The Morgan fingerprint density at radius 1 is 1.43 bits per heavy atom. The van der Waals surface area contributed by atoms with E-state index in [4.69, 9.17) is 10.3 Å². The summed E-state index contributed by atoms with van der Waals surface area (Å²) in [5.74, 6) is -0.875. The molecule has 2 atom stereocenters. The first-order valence-electron chi connectivity index (χ1n) is 7.62. The number of rotatable bonds is 4. The van der Waals surface area contributed by atoms with Gasteiger partial charge in [-0.15, -0.1) is 0 Å². The lowest BCUT2D eigenvalue weighted by Crippen LogP contribution is -2.36. The molecule has 0 bridgehead atoms. The SMILES string of the molecule is [N-]=[N+]=NCC1C[C@H](c2ccc(N3CCOCC3)c(F)c2)C(=O)N1. The summed E-state index contributed by atoms with van der Waals surface area (Å²) in [5.41, 5.74) is 9.54. The zero-order chi connectivity index (χ0) is 16.2. The number of hydrogen-bond acceptors (Lipinski definition) is 4. The van der Waals surface area contributed by atoms with Crippen LogP contribution in [0.5, 0.6) is 0 Å². The van der Waals surface area contributed by atoms with Gasteiger partial charge in [0.1, 0.15) is 5.82 Å². The largest absolute Gasteiger partial charge is 0.378 e. The minimum Gasteiger partial charge on any atom is -0.378 e. The number of anilines is 1. The van der Waals surface area contributed by atoms with E-state index in [-0.39, 0.29) is 24.3 Å². The molecular formula is C15H18FN5O2. The van der Waals surface area contributed by atoms with Crippen LogP contribution in [0.2, 0.25) is 0 Å². The third-order valence-electron chi connectivity index (χ3n) is 4.27. The molecule has 122 valence electrons. The molecule has 0 aromatic heterocycles. The number of benzene rings is 1. The van der Waals surface area contributed by atoms with Crippen molar-refractivity contribution in [3.05, 3.63) is 40.0 Å². The molecule has 0 spiro atoms. The lowest BCUT2D eigenvalue weighted by atomic mass is 9.95. The number of nitrogens with zero attached hydrogens (tertiary/aromatic N) is 4.